The second-order valence-electron chi connectivity index (χ2n) is 8.92. The van der Waals surface area contributed by atoms with Crippen molar-refractivity contribution in [2.75, 3.05) is 13.7 Å². The molecule has 5 aliphatic rings. The van der Waals surface area contributed by atoms with Crippen molar-refractivity contribution in [3.8, 4) is 0 Å². The summed E-state index contributed by atoms with van der Waals surface area (Å²) in [4.78, 5) is 37.9. The Morgan fingerprint density at radius 1 is 1.34 bits per heavy atom. The number of hydrogen-bond donors (Lipinski definition) is 0. The quantitative estimate of drug-likeness (QED) is 0.406. The van der Waals surface area contributed by atoms with Crippen molar-refractivity contribution in [3.05, 3.63) is 36.3 Å². The van der Waals surface area contributed by atoms with Crippen LogP contribution in [-0.4, -0.2) is 37.2 Å². The fraction of sp³-hybridized carbons (Fsp3) is 0.591. The molecule has 1 saturated carbocycles. The van der Waals surface area contributed by atoms with Crippen LogP contribution in [0.4, 0.5) is 0 Å². The smallest absolute Gasteiger partial charge is 0.322 e. The van der Waals surface area contributed by atoms with Crippen molar-refractivity contribution in [3.63, 3.8) is 0 Å². The predicted molar refractivity (Wildman–Crippen MR) is 101 cm³/mol. The summed E-state index contributed by atoms with van der Waals surface area (Å²) in [7, 11) is 1.43. The second-order valence-corrected chi connectivity index (χ2v) is 8.92. The van der Waals surface area contributed by atoms with E-state index in [4.69, 9.17) is 18.9 Å². The maximum Gasteiger partial charge on any atom is 0.322 e. The first-order chi connectivity index (χ1) is 13.6. The third kappa shape index (κ3) is 2.45. The van der Waals surface area contributed by atoms with Gasteiger partial charge in [0.05, 0.1) is 19.6 Å². The average Bonchev–Trinajstić information content (AvgIpc) is 2.79. The molecule has 29 heavy (non-hydrogen) atoms. The Bertz CT molecular complexity index is 870. The third-order valence-corrected chi connectivity index (χ3v) is 7.37. The fourth-order valence-electron chi connectivity index (χ4n) is 5.85. The van der Waals surface area contributed by atoms with Crippen LogP contribution in [0.25, 0.3) is 0 Å². The molecule has 0 aromatic rings. The number of allylic oxidation sites excluding steroid dienone is 1. The van der Waals surface area contributed by atoms with Crippen LogP contribution in [0.15, 0.2) is 36.3 Å². The molecule has 0 amide bonds. The molecular weight excluding hydrogens is 376 g/mol. The highest BCUT2D eigenvalue weighted by Gasteiger charge is 2.74. The molecule has 156 valence electrons. The van der Waals surface area contributed by atoms with E-state index in [2.05, 4.69) is 6.58 Å². The number of hydrogen-bond acceptors (Lipinski definition) is 7. The normalized spacial score (nSPS) is 42.4. The number of esters is 3. The molecule has 1 spiro atoms. The topological polar surface area (TPSA) is 88.1 Å². The van der Waals surface area contributed by atoms with E-state index in [0.29, 0.717) is 18.4 Å². The van der Waals surface area contributed by atoms with Gasteiger partial charge < -0.3 is 18.9 Å². The average molecular weight is 402 g/mol. The second kappa shape index (κ2) is 6.21. The number of cyclic esters (lactones) is 1. The monoisotopic (exact) mass is 402 g/mol. The maximum absolute atomic E-state index is 13.3. The Morgan fingerprint density at radius 3 is 2.69 bits per heavy atom. The van der Waals surface area contributed by atoms with Crippen LogP contribution in [0.5, 0.6) is 0 Å². The summed E-state index contributed by atoms with van der Waals surface area (Å²) in [6.45, 7) is 9.24. The lowest BCUT2D eigenvalue weighted by Gasteiger charge is -2.64. The number of carbonyl (C=O) groups excluding carboxylic acids is 3. The zero-order valence-electron chi connectivity index (χ0n) is 17.2. The van der Waals surface area contributed by atoms with E-state index < -0.39 is 46.2 Å². The molecule has 0 radical (unpaired) electrons. The van der Waals surface area contributed by atoms with Crippen molar-refractivity contribution in [1.82, 2.24) is 0 Å². The van der Waals surface area contributed by atoms with Gasteiger partial charge in [0.2, 0.25) is 0 Å². The summed E-state index contributed by atoms with van der Waals surface area (Å²) in [5.41, 5.74) is -1.86. The van der Waals surface area contributed by atoms with Crippen molar-refractivity contribution >= 4 is 17.9 Å². The number of rotatable bonds is 4. The molecule has 6 atom stereocenters. The molecular formula is C22H26O7. The summed E-state index contributed by atoms with van der Waals surface area (Å²) in [5, 5.41) is 0. The molecule has 2 aliphatic carbocycles. The Morgan fingerprint density at radius 2 is 2.07 bits per heavy atom. The number of carbonyl (C=O) groups is 3. The van der Waals surface area contributed by atoms with Crippen molar-refractivity contribution in [2.24, 2.45) is 28.6 Å². The van der Waals surface area contributed by atoms with E-state index in [-0.39, 0.29) is 18.5 Å². The lowest BCUT2D eigenvalue weighted by atomic mass is 9.44. The largest absolute Gasteiger partial charge is 0.468 e. The van der Waals surface area contributed by atoms with Crippen LogP contribution in [-0.2, 0) is 33.3 Å². The van der Waals surface area contributed by atoms with E-state index in [1.54, 1.807) is 12.2 Å². The first-order valence-corrected chi connectivity index (χ1v) is 9.82. The summed E-state index contributed by atoms with van der Waals surface area (Å²) >= 11 is 0. The SMILES string of the molecule is C=C[C@@]1(C)CCC2[C@](C)(COC(C)=O)[C@@H]3C=C4C=C(OC)OC(=O)[C@@H]1[C@@]42OC3=O. The first-order valence-electron chi connectivity index (χ1n) is 9.82. The molecule has 1 unspecified atom stereocenters. The Hall–Kier alpha value is -2.57. The lowest BCUT2D eigenvalue weighted by molar-refractivity contribution is -0.241. The molecule has 7 heteroatoms. The number of methoxy groups -OCH3 is 1. The van der Waals surface area contributed by atoms with Crippen LogP contribution < -0.4 is 0 Å². The molecule has 0 aromatic heterocycles. The summed E-state index contributed by atoms with van der Waals surface area (Å²) in [5.74, 6) is -2.89. The molecule has 2 bridgehead atoms. The highest BCUT2D eigenvalue weighted by atomic mass is 16.7. The van der Waals surface area contributed by atoms with Gasteiger partial charge in [0, 0.05) is 35.3 Å². The van der Waals surface area contributed by atoms with Crippen molar-refractivity contribution < 1.29 is 33.3 Å². The van der Waals surface area contributed by atoms with E-state index in [0.717, 1.165) is 0 Å². The fourth-order valence-corrected chi connectivity index (χ4v) is 5.85. The minimum atomic E-state index is -1.22. The molecule has 5 rings (SSSR count). The minimum Gasteiger partial charge on any atom is -0.468 e. The van der Waals surface area contributed by atoms with Crippen LogP contribution >= 0.6 is 0 Å². The van der Waals surface area contributed by atoms with E-state index in [1.165, 1.54) is 14.0 Å². The number of fused-ring (bicyclic) bond motifs is 1. The van der Waals surface area contributed by atoms with Crippen LogP contribution in [0.3, 0.4) is 0 Å². The molecule has 3 heterocycles. The van der Waals surface area contributed by atoms with Gasteiger partial charge >= 0.3 is 17.9 Å². The Kier molecular flexibility index (Phi) is 4.23. The van der Waals surface area contributed by atoms with Gasteiger partial charge in [-0.2, -0.15) is 0 Å². The molecule has 0 N–H and O–H groups in total. The minimum absolute atomic E-state index is 0.0699. The number of ether oxygens (including phenoxy) is 4. The van der Waals surface area contributed by atoms with E-state index >= 15 is 0 Å². The first kappa shape index (κ1) is 19.7. The van der Waals surface area contributed by atoms with Crippen LogP contribution in [0, 0.1) is 28.6 Å². The third-order valence-electron chi connectivity index (χ3n) is 7.37. The Balaban J connectivity index is 1.97. The van der Waals surface area contributed by atoms with Gasteiger partial charge in [0.1, 0.15) is 5.92 Å². The zero-order chi connectivity index (χ0) is 21.2. The molecule has 1 saturated heterocycles. The van der Waals surface area contributed by atoms with Crippen molar-refractivity contribution in [1.29, 1.82) is 0 Å². The van der Waals surface area contributed by atoms with Gasteiger partial charge in [-0.1, -0.05) is 26.0 Å². The lowest BCUT2D eigenvalue weighted by Crippen LogP contribution is -2.71. The van der Waals surface area contributed by atoms with Gasteiger partial charge in [0.15, 0.2) is 5.60 Å². The van der Waals surface area contributed by atoms with E-state index in [9.17, 15) is 14.4 Å². The molecule has 3 aliphatic heterocycles. The summed E-state index contributed by atoms with van der Waals surface area (Å²) < 4.78 is 22.2. The maximum atomic E-state index is 13.3. The van der Waals surface area contributed by atoms with Gasteiger partial charge in [-0.15, -0.1) is 6.58 Å². The predicted octanol–water partition coefficient (Wildman–Crippen LogP) is 2.67. The van der Waals surface area contributed by atoms with Crippen LogP contribution in [0.1, 0.15) is 33.6 Å². The van der Waals surface area contributed by atoms with Gasteiger partial charge in [-0.3, -0.25) is 14.4 Å². The zero-order valence-corrected chi connectivity index (χ0v) is 17.2. The summed E-state index contributed by atoms with van der Waals surface area (Å²) in [6, 6.07) is 0. The highest BCUT2D eigenvalue weighted by Crippen LogP contribution is 2.67. The van der Waals surface area contributed by atoms with Gasteiger partial charge in [0.25, 0.3) is 5.95 Å². The molecule has 7 nitrogen and oxygen atoms in total. The van der Waals surface area contributed by atoms with Gasteiger partial charge in [-0.05, 0) is 12.8 Å². The van der Waals surface area contributed by atoms with E-state index in [1.807, 2.05) is 19.9 Å². The summed E-state index contributed by atoms with van der Waals surface area (Å²) in [6.07, 6.45) is 6.57. The Labute approximate surface area is 169 Å². The van der Waals surface area contributed by atoms with Gasteiger partial charge in [-0.25, -0.2) is 0 Å². The molecule has 0 aromatic carbocycles. The standard InChI is InChI=1S/C22H26O7/c1-6-20(3)8-7-15-21(4,11-27-12(2)23)14-9-13-10-16(26-5)28-19(25)17(20)22(13,15)29-18(14)24/h6,9-10,14-15,17H,1,7-8,11H2,2-5H3/t14-,15?,17+,20+,21-,22-/m1/s1. The van der Waals surface area contributed by atoms with Crippen LogP contribution in [0.2, 0.25) is 0 Å². The molecule has 2 fully saturated rings. The van der Waals surface area contributed by atoms with Crippen molar-refractivity contribution in [2.45, 2.75) is 39.2 Å². The highest BCUT2D eigenvalue weighted by molar-refractivity contribution is 5.86.